The van der Waals surface area contributed by atoms with Gasteiger partial charge in [0.05, 0.1) is 5.03 Å². The van der Waals surface area contributed by atoms with E-state index in [0.717, 1.165) is 0 Å². The summed E-state index contributed by atoms with van der Waals surface area (Å²) in [6.45, 7) is 0. The number of hydrogen-bond donors (Lipinski definition) is 0. The van der Waals surface area contributed by atoms with E-state index in [0.29, 0.717) is 10.6 Å². The molecular formula is C10H6Cl2O2. The van der Waals surface area contributed by atoms with Crippen LogP contribution >= 0.6 is 23.2 Å². The van der Waals surface area contributed by atoms with Crippen LogP contribution in [0, 0.1) is 5.92 Å². The Hall–Kier alpha value is -0.990. The van der Waals surface area contributed by atoms with Crippen molar-refractivity contribution in [3.05, 3.63) is 46.2 Å². The second-order valence-corrected chi connectivity index (χ2v) is 3.63. The number of ether oxygens (including phenoxy) is 1. The molecule has 1 aliphatic carbocycles. The highest BCUT2D eigenvalue weighted by Gasteiger charge is 2.31. The molecule has 1 atom stereocenters. The van der Waals surface area contributed by atoms with Gasteiger partial charge in [-0.05, 0) is 11.6 Å². The first kappa shape index (κ1) is 9.56. The summed E-state index contributed by atoms with van der Waals surface area (Å²) in [5, 5.41) is 0.308. The third kappa shape index (κ3) is 1.51. The Bertz CT molecular complexity index is 402. The van der Waals surface area contributed by atoms with Crippen LogP contribution in [0.25, 0.3) is 0 Å². The standard InChI is InChI=1S/C10H6Cl2O2/c11-8-6-4-2-1-3-5-7(6)10(13)14-9(8)12/h1-6H. The van der Waals surface area contributed by atoms with E-state index in [-0.39, 0.29) is 11.1 Å². The normalized spacial score (nSPS) is 25.4. The monoisotopic (exact) mass is 228 g/mol. The number of rotatable bonds is 0. The zero-order valence-electron chi connectivity index (χ0n) is 7.04. The van der Waals surface area contributed by atoms with Gasteiger partial charge in [-0.15, -0.1) is 0 Å². The number of allylic oxidation sites excluding steroid dienone is 6. The van der Waals surface area contributed by atoms with Gasteiger partial charge in [0.25, 0.3) is 0 Å². The summed E-state index contributed by atoms with van der Waals surface area (Å²) in [7, 11) is 0. The molecule has 0 bridgehead atoms. The number of esters is 1. The Morgan fingerprint density at radius 2 is 2.00 bits per heavy atom. The van der Waals surface area contributed by atoms with Crippen molar-refractivity contribution in [2.75, 3.05) is 0 Å². The molecule has 0 aromatic heterocycles. The molecule has 0 fully saturated rings. The van der Waals surface area contributed by atoms with Gasteiger partial charge in [-0.2, -0.15) is 0 Å². The Kier molecular flexibility index (Phi) is 2.48. The van der Waals surface area contributed by atoms with E-state index in [9.17, 15) is 4.79 Å². The van der Waals surface area contributed by atoms with Gasteiger partial charge in [0.2, 0.25) is 5.22 Å². The Morgan fingerprint density at radius 3 is 2.79 bits per heavy atom. The van der Waals surface area contributed by atoms with E-state index in [4.69, 9.17) is 27.9 Å². The van der Waals surface area contributed by atoms with Gasteiger partial charge >= 0.3 is 5.97 Å². The van der Waals surface area contributed by atoms with Crippen LogP contribution in [0.2, 0.25) is 0 Å². The minimum absolute atomic E-state index is 0.0367. The van der Waals surface area contributed by atoms with E-state index in [1.807, 2.05) is 12.2 Å². The van der Waals surface area contributed by atoms with Gasteiger partial charge < -0.3 is 4.74 Å². The number of halogens is 2. The lowest BCUT2D eigenvalue weighted by Gasteiger charge is -2.20. The maximum atomic E-state index is 11.4. The highest BCUT2D eigenvalue weighted by atomic mass is 35.5. The average molecular weight is 229 g/mol. The number of hydrogen-bond acceptors (Lipinski definition) is 2. The van der Waals surface area contributed by atoms with Gasteiger partial charge in [0.15, 0.2) is 0 Å². The minimum atomic E-state index is -0.444. The molecule has 72 valence electrons. The molecule has 2 nitrogen and oxygen atoms in total. The van der Waals surface area contributed by atoms with Crippen LogP contribution in [-0.4, -0.2) is 5.97 Å². The van der Waals surface area contributed by atoms with Crippen molar-refractivity contribution < 1.29 is 9.53 Å². The molecule has 0 aromatic rings. The molecule has 1 heterocycles. The van der Waals surface area contributed by atoms with E-state index >= 15 is 0 Å². The third-order valence-corrected chi connectivity index (χ3v) is 2.80. The summed E-state index contributed by atoms with van der Waals surface area (Å²) in [6.07, 6.45) is 8.88. The number of cyclic esters (lactones) is 1. The van der Waals surface area contributed by atoms with Gasteiger partial charge in [-0.1, -0.05) is 42.0 Å². The SMILES string of the molecule is O=C1OC(Cl)=C(Cl)C2C=CC=CC=C12. The number of carbonyl (C=O) groups excluding carboxylic acids is 1. The van der Waals surface area contributed by atoms with E-state index in [2.05, 4.69) is 0 Å². The first-order valence-corrected chi connectivity index (χ1v) is 4.78. The zero-order valence-corrected chi connectivity index (χ0v) is 8.55. The second-order valence-electron chi connectivity index (χ2n) is 2.88. The minimum Gasteiger partial charge on any atom is -0.409 e. The number of carbonyl (C=O) groups is 1. The molecule has 2 aliphatic rings. The third-order valence-electron chi connectivity index (χ3n) is 2.02. The molecule has 0 spiro atoms. The largest absolute Gasteiger partial charge is 0.409 e. The van der Waals surface area contributed by atoms with Crippen molar-refractivity contribution in [3.63, 3.8) is 0 Å². The van der Waals surface area contributed by atoms with Crippen LogP contribution in [-0.2, 0) is 9.53 Å². The van der Waals surface area contributed by atoms with Gasteiger partial charge in [-0.25, -0.2) is 4.79 Å². The van der Waals surface area contributed by atoms with Crippen LogP contribution in [0.5, 0.6) is 0 Å². The Morgan fingerprint density at radius 1 is 1.21 bits per heavy atom. The first-order chi connectivity index (χ1) is 6.70. The molecule has 0 aromatic carbocycles. The fourth-order valence-corrected chi connectivity index (χ4v) is 1.75. The molecule has 1 aliphatic heterocycles. The molecule has 4 heteroatoms. The average Bonchev–Trinajstić information content (AvgIpc) is 2.39. The fourth-order valence-electron chi connectivity index (χ4n) is 1.33. The van der Waals surface area contributed by atoms with Crippen molar-refractivity contribution >= 4 is 29.2 Å². The zero-order chi connectivity index (χ0) is 10.1. The lowest BCUT2D eigenvalue weighted by molar-refractivity contribution is -0.135. The lowest BCUT2D eigenvalue weighted by Crippen LogP contribution is -2.20. The summed E-state index contributed by atoms with van der Waals surface area (Å²) >= 11 is 11.6. The van der Waals surface area contributed by atoms with Gasteiger partial charge in [0, 0.05) is 11.5 Å². The van der Waals surface area contributed by atoms with Crippen molar-refractivity contribution in [3.8, 4) is 0 Å². The molecule has 2 rings (SSSR count). The van der Waals surface area contributed by atoms with E-state index in [1.54, 1.807) is 18.2 Å². The quantitative estimate of drug-likeness (QED) is 0.597. The van der Waals surface area contributed by atoms with Crippen LogP contribution in [0.1, 0.15) is 0 Å². The van der Waals surface area contributed by atoms with Crippen LogP contribution in [0.3, 0.4) is 0 Å². The molecule has 1 unspecified atom stereocenters. The van der Waals surface area contributed by atoms with Crippen LogP contribution < -0.4 is 0 Å². The summed E-state index contributed by atoms with van der Waals surface area (Å²) in [5.41, 5.74) is 0.504. The van der Waals surface area contributed by atoms with Crippen LogP contribution in [0.4, 0.5) is 0 Å². The summed E-state index contributed by atoms with van der Waals surface area (Å²) in [4.78, 5) is 11.4. The summed E-state index contributed by atoms with van der Waals surface area (Å²) in [5.74, 6) is -0.721. The molecule has 0 amide bonds. The van der Waals surface area contributed by atoms with Crippen molar-refractivity contribution in [1.82, 2.24) is 0 Å². The van der Waals surface area contributed by atoms with Gasteiger partial charge in [-0.3, -0.25) is 0 Å². The molecular weight excluding hydrogens is 223 g/mol. The smallest absolute Gasteiger partial charge is 0.341 e. The Balaban J connectivity index is 2.52. The second kappa shape index (κ2) is 3.64. The van der Waals surface area contributed by atoms with Gasteiger partial charge in [0.1, 0.15) is 0 Å². The maximum absolute atomic E-state index is 11.4. The van der Waals surface area contributed by atoms with E-state index < -0.39 is 5.97 Å². The van der Waals surface area contributed by atoms with Crippen LogP contribution in [0.15, 0.2) is 46.2 Å². The first-order valence-electron chi connectivity index (χ1n) is 4.02. The Labute approximate surface area is 91.1 Å². The number of fused-ring (bicyclic) bond motifs is 1. The van der Waals surface area contributed by atoms with Crippen molar-refractivity contribution in [2.24, 2.45) is 5.92 Å². The fraction of sp³-hybridized carbons (Fsp3) is 0.100. The molecule has 0 radical (unpaired) electrons. The van der Waals surface area contributed by atoms with Crippen molar-refractivity contribution in [2.45, 2.75) is 0 Å². The highest BCUT2D eigenvalue weighted by molar-refractivity contribution is 6.40. The predicted molar refractivity (Wildman–Crippen MR) is 54.7 cm³/mol. The lowest BCUT2D eigenvalue weighted by atomic mass is 9.97. The molecule has 0 N–H and O–H groups in total. The molecule has 0 saturated heterocycles. The maximum Gasteiger partial charge on any atom is 0.341 e. The van der Waals surface area contributed by atoms with E-state index in [1.165, 1.54) is 0 Å². The molecule has 0 saturated carbocycles. The molecule has 14 heavy (non-hydrogen) atoms. The predicted octanol–water partition coefficient (Wildman–Crippen LogP) is 2.86. The summed E-state index contributed by atoms with van der Waals surface area (Å²) < 4.78 is 4.76. The van der Waals surface area contributed by atoms with Crippen molar-refractivity contribution in [1.29, 1.82) is 0 Å². The topological polar surface area (TPSA) is 26.3 Å². The highest BCUT2D eigenvalue weighted by Crippen LogP contribution is 2.36. The summed E-state index contributed by atoms with van der Waals surface area (Å²) in [6, 6.07) is 0.